The number of piperidine rings is 1. The molecule has 0 spiro atoms. The minimum atomic E-state index is 0.142. The zero-order valence-corrected chi connectivity index (χ0v) is 11.3. The molecule has 0 aromatic carbocycles. The van der Waals surface area contributed by atoms with E-state index < -0.39 is 0 Å². The minimum Gasteiger partial charge on any atom is -0.384 e. The van der Waals surface area contributed by atoms with E-state index in [1.807, 2.05) is 12.3 Å². The summed E-state index contributed by atoms with van der Waals surface area (Å²) in [5.74, 6) is 1.88. The molecule has 1 saturated carbocycles. The number of nitrogens with two attached hydrogens (primary N) is 1. The van der Waals surface area contributed by atoms with Crippen LogP contribution in [0.5, 0.6) is 0 Å². The summed E-state index contributed by atoms with van der Waals surface area (Å²) in [6.07, 6.45) is 10.4. The number of fused-ring (bicyclic) bond motifs is 1. The van der Waals surface area contributed by atoms with Crippen LogP contribution in [0.4, 0.5) is 5.69 Å². The summed E-state index contributed by atoms with van der Waals surface area (Å²) in [5.41, 5.74) is 7.55. The van der Waals surface area contributed by atoms with E-state index in [2.05, 4.69) is 9.88 Å². The molecule has 0 amide bonds. The Balaban J connectivity index is 1.81. The zero-order chi connectivity index (χ0) is 13.2. The summed E-state index contributed by atoms with van der Waals surface area (Å²) in [4.78, 5) is 6.60. The quantitative estimate of drug-likeness (QED) is 0.632. The number of pyridine rings is 1. The molecule has 2 aliphatic rings. The van der Waals surface area contributed by atoms with Crippen LogP contribution in [0.1, 0.15) is 37.7 Å². The van der Waals surface area contributed by atoms with Gasteiger partial charge in [-0.05, 0) is 30.7 Å². The van der Waals surface area contributed by atoms with E-state index in [0.29, 0.717) is 0 Å². The number of anilines is 1. The lowest BCUT2D eigenvalue weighted by atomic mass is 9.75. The van der Waals surface area contributed by atoms with E-state index in [1.165, 1.54) is 32.1 Å². The predicted molar refractivity (Wildman–Crippen MR) is 77.5 cm³/mol. The summed E-state index contributed by atoms with van der Waals surface area (Å²) in [6, 6.07) is 1.85. The van der Waals surface area contributed by atoms with Gasteiger partial charge in [-0.2, -0.15) is 0 Å². The molecule has 3 N–H and O–H groups in total. The van der Waals surface area contributed by atoms with Crippen LogP contribution in [-0.4, -0.2) is 23.9 Å². The summed E-state index contributed by atoms with van der Waals surface area (Å²) in [5, 5.41) is 7.70. The van der Waals surface area contributed by atoms with Gasteiger partial charge in [0.05, 0.1) is 11.9 Å². The van der Waals surface area contributed by atoms with Crippen LogP contribution in [-0.2, 0) is 0 Å². The Morgan fingerprint density at radius 1 is 1.26 bits per heavy atom. The molecule has 2 atom stereocenters. The zero-order valence-electron chi connectivity index (χ0n) is 11.3. The van der Waals surface area contributed by atoms with Crippen LogP contribution in [0.3, 0.4) is 0 Å². The highest BCUT2D eigenvalue weighted by Gasteiger charge is 2.31. The maximum absolute atomic E-state index is 7.70. The maximum atomic E-state index is 7.70. The molecule has 4 heteroatoms. The van der Waals surface area contributed by atoms with Crippen LogP contribution in [0.2, 0.25) is 0 Å². The first-order valence-corrected chi connectivity index (χ1v) is 7.29. The highest BCUT2D eigenvalue weighted by atomic mass is 15.1. The normalized spacial score (nSPS) is 26.8. The number of nitrogen functional groups attached to an aromatic ring is 1. The lowest BCUT2D eigenvalue weighted by Gasteiger charge is -2.42. The number of amidine groups is 1. The Morgan fingerprint density at radius 2 is 2.05 bits per heavy atom. The Morgan fingerprint density at radius 3 is 2.84 bits per heavy atom. The van der Waals surface area contributed by atoms with E-state index in [4.69, 9.17) is 11.1 Å². The fraction of sp³-hybridized carbons (Fsp3) is 0.600. The lowest BCUT2D eigenvalue weighted by Crippen LogP contribution is -2.42. The van der Waals surface area contributed by atoms with Gasteiger partial charge in [-0.15, -0.1) is 0 Å². The molecule has 2 heterocycles. The largest absolute Gasteiger partial charge is 0.384 e. The molecule has 2 unspecified atom stereocenters. The van der Waals surface area contributed by atoms with Crippen molar-refractivity contribution in [3.8, 4) is 0 Å². The van der Waals surface area contributed by atoms with Gasteiger partial charge in [0.2, 0.25) is 0 Å². The second-order valence-electron chi connectivity index (χ2n) is 5.85. The molecular formula is C15H22N4. The molecular weight excluding hydrogens is 236 g/mol. The Labute approximate surface area is 114 Å². The SMILES string of the molecule is N=C(N)c1ccncc1N1CCC2CCCCC2C1. The van der Waals surface area contributed by atoms with Gasteiger partial charge >= 0.3 is 0 Å². The molecule has 0 radical (unpaired) electrons. The van der Waals surface area contributed by atoms with Crippen LogP contribution >= 0.6 is 0 Å². The monoisotopic (exact) mass is 258 g/mol. The van der Waals surface area contributed by atoms with Crippen molar-refractivity contribution in [2.75, 3.05) is 18.0 Å². The van der Waals surface area contributed by atoms with E-state index in [9.17, 15) is 0 Å². The van der Waals surface area contributed by atoms with Crippen molar-refractivity contribution < 1.29 is 0 Å². The minimum absolute atomic E-state index is 0.142. The van der Waals surface area contributed by atoms with Gasteiger partial charge in [0.15, 0.2) is 0 Å². The van der Waals surface area contributed by atoms with E-state index in [1.54, 1.807) is 6.20 Å². The third-order valence-corrected chi connectivity index (χ3v) is 4.72. The van der Waals surface area contributed by atoms with E-state index >= 15 is 0 Å². The van der Waals surface area contributed by atoms with Crippen LogP contribution < -0.4 is 10.6 Å². The molecule has 1 aromatic rings. The summed E-state index contributed by atoms with van der Waals surface area (Å²) >= 11 is 0. The van der Waals surface area contributed by atoms with Crippen LogP contribution in [0.15, 0.2) is 18.5 Å². The molecule has 1 aliphatic heterocycles. The van der Waals surface area contributed by atoms with Crippen molar-refractivity contribution in [1.82, 2.24) is 4.98 Å². The van der Waals surface area contributed by atoms with Gasteiger partial charge in [0, 0.05) is 24.8 Å². The summed E-state index contributed by atoms with van der Waals surface area (Å²) < 4.78 is 0. The number of hydrogen-bond donors (Lipinski definition) is 2. The molecule has 3 rings (SSSR count). The Bertz CT molecular complexity index is 471. The number of nitrogens with zero attached hydrogens (tertiary/aromatic N) is 2. The molecule has 1 saturated heterocycles. The number of hydrogen-bond acceptors (Lipinski definition) is 3. The second kappa shape index (κ2) is 5.19. The fourth-order valence-corrected chi connectivity index (χ4v) is 3.69. The molecule has 2 fully saturated rings. The summed E-state index contributed by atoms with van der Waals surface area (Å²) in [7, 11) is 0. The molecule has 19 heavy (non-hydrogen) atoms. The highest BCUT2D eigenvalue weighted by Crippen LogP contribution is 2.37. The second-order valence-corrected chi connectivity index (χ2v) is 5.85. The van der Waals surface area contributed by atoms with Crippen molar-refractivity contribution in [2.45, 2.75) is 32.1 Å². The third-order valence-electron chi connectivity index (χ3n) is 4.72. The third kappa shape index (κ3) is 2.44. The lowest BCUT2D eigenvalue weighted by molar-refractivity contribution is 0.202. The van der Waals surface area contributed by atoms with Gasteiger partial charge in [-0.1, -0.05) is 19.3 Å². The number of rotatable bonds is 2. The van der Waals surface area contributed by atoms with Crippen molar-refractivity contribution in [2.24, 2.45) is 17.6 Å². The Kier molecular flexibility index (Phi) is 3.40. The maximum Gasteiger partial charge on any atom is 0.125 e. The van der Waals surface area contributed by atoms with E-state index in [-0.39, 0.29) is 5.84 Å². The standard InChI is InChI=1S/C15H22N4/c16-15(17)13-5-7-18-9-14(13)19-8-6-11-3-1-2-4-12(11)10-19/h5,7,9,11-12H,1-4,6,8,10H2,(H3,16,17). The van der Waals surface area contributed by atoms with Crippen molar-refractivity contribution in [1.29, 1.82) is 5.41 Å². The predicted octanol–water partition coefficient (Wildman–Crippen LogP) is 2.38. The first-order chi connectivity index (χ1) is 9.25. The smallest absolute Gasteiger partial charge is 0.125 e. The van der Waals surface area contributed by atoms with Crippen molar-refractivity contribution >= 4 is 11.5 Å². The average molecular weight is 258 g/mol. The first kappa shape index (κ1) is 12.5. The van der Waals surface area contributed by atoms with Crippen molar-refractivity contribution in [3.63, 3.8) is 0 Å². The molecule has 4 nitrogen and oxygen atoms in total. The van der Waals surface area contributed by atoms with Gasteiger partial charge in [-0.3, -0.25) is 10.4 Å². The molecule has 1 aliphatic carbocycles. The van der Waals surface area contributed by atoms with Crippen LogP contribution in [0, 0.1) is 17.2 Å². The fourth-order valence-electron chi connectivity index (χ4n) is 3.69. The van der Waals surface area contributed by atoms with Gasteiger partial charge in [0.25, 0.3) is 0 Å². The van der Waals surface area contributed by atoms with Crippen molar-refractivity contribution in [3.05, 3.63) is 24.0 Å². The Hall–Kier alpha value is -1.58. The average Bonchev–Trinajstić information content (AvgIpc) is 2.46. The molecule has 102 valence electrons. The number of nitrogens with one attached hydrogen (secondary N) is 1. The van der Waals surface area contributed by atoms with Crippen LogP contribution in [0.25, 0.3) is 0 Å². The molecule has 1 aromatic heterocycles. The van der Waals surface area contributed by atoms with Gasteiger partial charge in [-0.25, -0.2) is 0 Å². The number of aromatic nitrogens is 1. The van der Waals surface area contributed by atoms with Gasteiger partial charge in [0.1, 0.15) is 5.84 Å². The topological polar surface area (TPSA) is 66.0 Å². The highest BCUT2D eigenvalue weighted by molar-refractivity contribution is 6.00. The molecule has 0 bridgehead atoms. The van der Waals surface area contributed by atoms with Gasteiger partial charge < -0.3 is 10.6 Å². The summed E-state index contributed by atoms with van der Waals surface area (Å²) in [6.45, 7) is 2.18. The van der Waals surface area contributed by atoms with E-state index in [0.717, 1.165) is 36.2 Å². The first-order valence-electron chi connectivity index (χ1n) is 7.29.